The number of aromatic nitrogens is 3. The molecule has 0 bridgehead atoms. The van der Waals surface area contributed by atoms with Gasteiger partial charge < -0.3 is 9.15 Å². The van der Waals surface area contributed by atoms with Gasteiger partial charge in [-0.2, -0.15) is 9.25 Å². The molecule has 0 spiro atoms. The van der Waals surface area contributed by atoms with E-state index < -0.39 is 17.4 Å². The molecule has 0 amide bonds. The quantitative estimate of drug-likeness (QED) is 0.847. The molecule has 112 valence electrons. The summed E-state index contributed by atoms with van der Waals surface area (Å²) in [6.07, 6.45) is 0.687. The van der Waals surface area contributed by atoms with Crippen LogP contribution in [0.1, 0.15) is 32.4 Å². The first-order valence-electron chi connectivity index (χ1n) is 6.36. The molecule has 2 heterocycles. The first-order valence-corrected chi connectivity index (χ1v) is 6.36. The molecule has 0 unspecified atom stereocenters. The summed E-state index contributed by atoms with van der Waals surface area (Å²) in [5, 5.41) is 4.02. The summed E-state index contributed by atoms with van der Waals surface area (Å²) in [6.45, 7) is 10.5. The van der Waals surface area contributed by atoms with Crippen molar-refractivity contribution in [2.75, 3.05) is 0 Å². The Morgan fingerprint density at radius 2 is 2.10 bits per heavy atom. The zero-order valence-corrected chi connectivity index (χ0v) is 12.4. The smallest absolute Gasteiger partial charge is 0.424 e. The number of furan rings is 1. The van der Waals surface area contributed by atoms with E-state index in [-0.39, 0.29) is 11.5 Å². The number of ether oxygens (including phenoxy) is 1. The standard InChI is InChI=1S/C14H17N3O4/c1-9(11-7-6-8-20-11)17-12(18)16(10(2)15-17)13(19)21-14(3,4)5/h6-8H,1H2,2-5H3. The van der Waals surface area contributed by atoms with Gasteiger partial charge in [-0.05, 0) is 39.8 Å². The third-order valence-corrected chi connectivity index (χ3v) is 2.58. The van der Waals surface area contributed by atoms with E-state index in [2.05, 4.69) is 11.7 Å². The number of hydrogen-bond donors (Lipinski definition) is 0. The average molecular weight is 291 g/mol. The molecule has 0 N–H and O–H groups in total. The largest absolute Gasteiger partial charge is 0.463 e. The predicted molar refractivity (Wildman–Crippen MR) is 76.0 cm³/mol. The highest BCUT2D eigenvalue weighted by Crippen LogP contribution is 2.14. The normalized spacial score (nSPS) is 11.4. The zero-order valence-electron chi connectivity index (χ0n) is 12.4. The molecule has 7 heteroatoms. The first kappa shape index (κ1) is 14.8. The minimum atomic E-state index is -0.775. The summed E-state index contributed by atoms with van der Waals surface area (Å²) in [5.41, 5.74) is -1.11. The minimum absolute atomic E-state index is 0.210. The van der Waals surface area contributed by atoms with E-state index in [1.165, 1.54) is 13.2 Å². The van der Waals surface area contributed by atoms with Crippen molar-refractivity contribution < 1.29 is 13.9 Å². The maximum atomic E-state index is 12.3. The van der Waals surface area contributed by atoms with E-state index in [4.69, 9.17) is 9.15 Å². The van der Waals surface area contributed by atoms with Crippen LogP contribution in [-0.4, -0.2) is 26.0 Å². The van der Waals surface area contributed by atoms with Gasteiger partial charge in [0.1, 0.15) is 17.1 Å². The molecule has 0 radical (unpaired) electrons. The third kappa shape index (κ3) is 2.96. The number of carbonyl (C=O) groups excluding carboxylic acids is 1. The molecule has 0 aliphatic heterocycles. The molecule has 0 atom stereocenters. The lowest BCUT2D eigenvalue weighted by molar-refractivity contribution is 0.0527. The highest BCUT2D eigenvalue weighted by Gasteiger charge is 2.24. The second kappa shape index (κ2) is 5.08. The van der Waals surface area contributed by atoms with Crippen molar-refractivity contribution >= 4 is 11.8 Å². The molecule has 0 aromatic carbocycles. The van der Waals surface area contributed by atoms with Crippen LogP contribution in [0.3, 0.4) is 0 Å². The van der Waals surface area contributed by atoms with Crippen LogP contribution in [0.25, 0.3) is 5.70 Å². The van der Waals surface area contributed by atoms with E-state index in [9.17, 15) is 9.59 Å². The van der Waals surface area contributed by atoms with Crippen molar-refractivity contribution in [2.24, 2.45) is 0 Å². The Hall–Kier alpha value is -2.57. The monoisotopic (exact) mass is 291 g/mol. The molecule has 7 nitrogen and oxygen atoms in total. The molecule has 0 saturated heterocycles. The van der Waals surface area contributed by atoms with E-state index >= 15 is 0 Å². The highest BCUT2D eigenvalue weighted by molar-refractivity contribution is 5.71. The third-order valence-electron chi connectivity index (χ3n) is 2.58. The Kier molecular flexibility index (Phi) is 3.59. The van der Waals surface area contributed by atoms with Crippen LogP contribution in [0.15, 0.2) is 34.2 Å². The van der Waals surface area contributed by atoms with Gasteiger partial charge in [0, 0.05) is 0 Å². The van der Waals surface area contributed by atoms with Gasteiger partial charge in [0.25, 0.3) is 0 Å². The molecular weight excluding hydrogens is 274 g/mol. The molecular formula is C14H17N3O4. The Balaban J connectivity index is 2.41. The lowest BCUT2D eigenvalue weighted by atomic mass is 10.2. The summed E-state index contributed by atoms with van der Waals surface area (Å²) in [4.78, 5) is 24.4. The van der Waals surface area contributed by atoms with Crippen molar-refractivity contribution in [2.45, 2.75) is 33.3 Å². The number of nitrogens with zero attached hydrogens (tertiary/aromatic N) is 3. The second-order valence-corrected chi connectivity index (χ2v) is 5.48. The van der Waals surface area contributed by atoms with Crippen molar-refractivity contribution in [3.63, 3.8) is 0 Å². The van der Waals surface area contributed by atoms with Gasteiger partial charge in [0.2, 0.25) is 0 Å². The molecule has 0 aliphatic rings. The molecule has 2 aromatic rings. The lowest BCUT2D eigenvalue weighted by Crippen LogP contribution is -2.35. The van der Waals surface area contributed by atoms with Crippen molar-refractivity contribution in [1.82, 2.24) is 14.3 Å². The summed E-state index contributed by atoms with van der Waals surface area (Å²) >= 11 is 0. The lowest BCUT2D eigenvalue weighted by Gasteiger charge is -2.19. The van der Waals surface area contributed by atoms with E-state index in [1.54, 1.807) is 32.9 Å². The van der Waals surface area contributed by atoms with Gasteiger partial charge >= 0.3 is 11.8 Å². The Bertz CT molecular complexity index is 729. The van der Waals surface area contributed by atoms with E-state index in [0.29, 0.717) is 5.76 Å². The zero-order chi connectivity index (χ0) is 15.8. The number of hydrogen-bond acceptors (Lipinski definition) is 5. The summed E-state index contributed by atoms with van der Waals surface area (Å²) < 4.78 is 12.2. The van der Waals surface area contributed by atoms with Crippen LogP contribution in [-0.2, 0) is 4.74 Å². The van der Waals surface area contributed by atoms with Gasteiger partial charge in [-0.25, -0.2) is 9.59 Å². The Labute approximate surface area is 121 Å². The highest BCUT2D eigenvalue weighted by atomic mass is 16.6. The van der Waals surface area contributed by atoms with Crippen molar-refractivity contribution in [3.05, 3.63) is 47.0 Å². The maximum absolute atomic E-state index is 12.3. The van der Waals surface area contributed by atoms with E-state index in [0.717, 1.165) is 9.25 Å². The van der Waals surface area contributed by atoms with E-state index in [1.807, 2.05) is 0 Å². The minimum Gasteiger partial charge on any atom is -0.463 e. The second-order valence-electron chi connectivity index (χ2n) is 5.48. The average Bonchev–Trinajstić information content (AvgIpc) is 2.94. The van der Waals surface area contributed by atoms with Gasteiger partial charge in [-0.3, -0.25) is 0 Å². The van der Waals surface area contributed by atoms with Crippen molar-refractivity contribution in [3.8, 4) is 0 Å². The number of carbonyl (C=O) groups is 1. The summed E-state index contributed by atoms with van der Waals surface area (Å²) in [7, 11) is 0. The molecule has 0 aliphatic carbocycles. The Morgan fingerprint density at radius 3 is 2.62 bits per heavy atom. The molecule has 0 fully saturated rings. The fourth-order valence-electron chi connectivity index (χ4n) is 1.71. The fraction of sp³-hybridized carbons (Fsp3) is 0.357. The van der Waals surface area contributed by atoms with Gasteiger partial charge in [-0.1, -0.05) is 6.58 Å². The summed E-state index contributed by atoms with van der Waals surface area (Å²) in [6, 6.07) is 3.32. The molecule has 2 aromatic heterocycles. The number of rotatable bonds is 2. The summed E-state index contributed by atoms with van der Waals surface area (Å²) in [5.74, 6) is 0.605. The number of aryl methyl sites for hydroxylation is 1. The topological polar surface area (TPSA) is 79.3 Å². The Morgan fingerprint density at radius 1 is 1.43 bits per heavy atom. The van der Waals surface area contributed by atoms with Crippen LogP contribution in [0.4, 0.5) is 4.79 Å². The van der Waals surface area contributed by atoms with Crippen molar-refractivity contribution in [1.29, 1.82) is 0 Å². The van der Waals surface area contributed by atoms with Crippen LogP contribution < -0.4 is 5.69 Å². The maximum Gasteiger partial charge on any atom is 0.424 e. The predicted octanol–water partition coefficient (Wildman–Crippen LogP) is 2.25. The fourth-order valence-corrected chi connectivity index (χ4v) is 1.71. The first-order chi connectivity index (χ1) is 9.70. The van der Waals surface area contributed by atoms with Crippen LogP contribution in [0.5, 0.6) is 0 Å². The SMILES string of the molecule is C=C(c1ccco1)n1nc(C)n(C(=O)OC(C)(C)C)c1=O. The van der Waals surface area contributed by atoms with Gasteiger partial charge in [0.05, 0.1) is 6.26 Å². The molecule has 2 rings (SSSR count). The molecule has 21 heavy (non-hydrogen) atoms. The van der Waals surface area contributed by atoms with Crippen LogP contribution in [0.2, 0.25) is 0 Å². The van der Waals surface area contributed by atoms with Gasteiger partial charge in [-0.15, -0.1) is 5.10 Å². The van der Waals surface area contributed by atoms with Crippen LogP contribution >= 0.6 is 0 Å². The van der Waals surface area contributed by atoms with Crippen LogP contribution in [0, 0.1) is 6.92 Å². The van der Waals surface area contributed by atoms with Gasteiger partial charge in [0.15, 0.2) is 5.76 Å². The molecule has 0 saturated carbocycles.